The van der Waals surface area contributed by atoms with E-state index in [1.165, 1.54) is 0 Å². The summed E-state index contributed by atoms with van der Waals surface area (Å²) >= 11 is 5.16. The van der Waals surface area contributed by atoms with Crippen LogP contribution in [0.15, 0.2) is 12.4 Å². The van der Waals surface area contributed by atoms with Gasteiger partial charge in [-0.25, -0.2) is 5.10 Å². The Bertz CT molecular complexity index is 551. The number of nitrogens with zero attached hydrogens (tertiary/aromatic N) is 5. The van der Waals surface area contributed by atoms with Gasteiger partial charge in [-0.2, -0.15) is 5.10 Å². The Morgan fingerprint density at radius 1 is 1.53 bits per heavy atom. The molecule has 17 heavy (non-hydrogen) atoms. The lowest BCUT2D eigenvalue weighted by Crippen LogP contribution is -2.20. The smallest absolute Gasteiger partial charge is 0.225 e. The van der Waals surface area contributed by atoms with E-state index in [4.69, 9.17) is 12.2 Å². The standard InChI is InChI=1S/C10H16N6S/c1-4-16-9(12-13-10(16)17)14(2)6-8-5-11-15(3)7-8/h5,7H,4,6H2,1-3H3,(H,13,17). The lowest BCUT2D eigenvalue weighted by Gasteiger charge is -2.17. The van der Waals surface area contributed by atoms with Gasteiger partial charge in [0.05, 0.1) is 6.20 Å². The van der Waals surface area contributed by atoms with Gasteiger partial charge in [0, 0.05) is 38.9 Å². The van der Waals surface area contributed by atoms with Crippen LogP contribution in [0.1, 0.15) is 12.5 Å². The van der Waals surface area contributed by atoms with Crippen LogP contribution >= 0.6 is 12.2 Å². The zero-order chi connectivity index (χ0) is 12.4. The molecule has 0 aliphatic carbocycles. The number of H-pyrrole nitrogens is 1. The molecule has 0 amide bonds. The largest absolute Gasteiger partial charge is 0.340 e. The Hall–Kier alpha value is -1.63. The molecule has 0 atom stereocenters. The van der Waals surface area contributed by atoms with E-state index in [2.05, 4.69) is 15.3 Å². The van der Waals surface area contributed by atoms with Crippen molar-refractivity contribution in [1.29, 1.82) is 0 Å². The zero-order valence-corrected chi connectivity index (χ0v) is 11.0. The summed E-state index contributed by atoms with van der Waals surface area (Å²) in [5, 5.41) is 11.2. The van der Waals surface area contributed by atoms with Gasteiger partial charge in [0.1, 0.15) is 0 Å². The second-order valence-corrected chi connectivity index (χ2v) is 4.34. The maximum absolute atomic E-state index is 5.16. The molecule has 0 aromatic carbocycles. The van der Waals surface area contributed by atoms with Gasteiger partial charge >= 0.3 is 0 Å². The number of aromatic amines is 1. The van der Waals surface area contributed by atoms with Gasteiger partial charge < -0.3 is 4.90 Å². The molecular formula is C10H16N6S. The minimum atomic E-state index is 0.653. The summed E-state index contributed by atoms with van der Waals surface area (Å²) in [6.45, 7) is 3.61. The van der Waals surface area contributed by atoms with Crippen molar-refractivity contribution in [2.75, 3.05) is 11.9 Å². The molecule has 2 heterocycles. The molecule has 6 nitrogen and oxygen atoms in total. The van der Waals surface area contributed by atoms with Crippen molar-refractivity contribution in [2.24, 2.45) is 7.05 Å². The van der Waals surface area contributed by atoms with Crippen LogP contribution in [0.5, 0.6) is 0 Å². The maximum atomic E-state index is 5.16. The van der Waals surface area contributed by atoms with Gasteiger partial charge in [0.2, 0.25) is 5.95 Å². The van der Waals surface area contributed by atoms with Gasteiger partial charge in [0.25, 0.3) is 0 Å². The third-order valence-corrected chi connectivity index (χ3v) is 2.89. The van der Waals surface area contributed by atoms with Crippen LogP contribution in [0.3, 0.4) is 0 Å². The summed E-state index contributed by atoms with van der Waals surface area (Å²) in [7, 11) is 3.90. The van der Waals surface area contributed by atoms with Crippen LogP contribution in [0.4, 0.5) is 5.95 Å². The highest BCUT2D eigenvalue weighted by Gasteiger charge is 2.10. The fraction of sp³-hybridized carbons (Fsp3) is 0.500. The number of aromatic nitrogens is 5. The van der Waals surface area contributed by atoms with Crippen molar-refractivity contribution in [2.45, 2.75) is 20.0 Å². The summed E-state index contributed by atoms with van der Waals surface area (Å²) in [4.78, 5) is 2.05. The van der Waals surface area contributed by atoms with E-state index in [0.29, 0.717) is 4.77 Å². The van der Waals surface area contributed by atoms with E-state index in [-0.39, 0.29) is 0 Å². The molecule has 0 fully saturated rings. The fourth-order valence-corrected chi connectivity index (χ4v) is 2.04. The van der Waals surface area contributed by atoms with Gasteiger partial charge in [-0.05, 0) is 19.1 Å². The molecule has 2 aromatic rings. The molecule has 1 N–H and O–H groups in total. The molecule has 0 unspecified atom stereocenters. The normalized spacial score (nSPS) is 10.8. The van der Waals surface area contributed by atoms with Crippen molar-refractivity contribution in [3.8, 4) is 0 Å². The number of anilines is 1. The van der Waals surface area contributed by atoms with Gasteiger partial charge in [-0.15, -0.1) is 5.10 Å². The number of nitrogens with one attached hydrogen (secondary N) is 1. The summed E-state index contributed by atoms with van der Waals surface area (Å²) in [5.41, 5.74) is 1.14. The van der Waals surface area contributed by atoms with Crippen molar-refractivity contribution in [1.82, 2.24) is 24.5 Å². The molecule has 2 rings (SSSR count). The average molecular weight is 252 g/mol. The van der Waals surface area contributed by atoms with Crippen LogP contribution in [0.2, 0.25) is 0 Å². The van der Waals surface area contributed by atoms with Crippen LogP contribution < -0.4 is 4.90 Å². The van der Waals surface area contributed by atoms with Crippen LogP contribution in [0.25, 0.3) is 0 Å². The first-order valence-electron chi connectivity index (χ1n) is 5.45. The van der Waals surface area contributed by atoms with E-state index in [1.807, 2.05) is 42.9 Å². The van der Waals surface area contributed by atoms with Gasteiger partial charge in [-0.3, -0.25) is 9.25 Å². The van der Waals surface area contributed by atoms with Gasteiger partial charge in [-0.1, -0.05) is 0 Å². The predicted octanol–water partition coefficient (Wildman–Crippen LogP) is 1.33. The Morgan fingerprint density at radius 2 is 2.29 bits per heavy atom. The quantitative estimate of drug-likeness (QED) is 0.834. The molecule has 0 saturated carbocycles. The second-order valence-electron chi connectivity index (χ2n) is 3.95. The summed E-state index contributed by atoms with van der Waals surface area (Å²) < 4.78 is 4.41. The van der Waals surface area contributed by atoms with Crippen molar-refractivity contribution >= 4 is 18.2 Å². The van der Waals surface area contributed by atoms with E-state index in [9.17, 15) is 0 Å². The summed E-state index contributed by atoms with van der Waals surface area (Å²) in [6.07, 6.45) is 3.85. The molecular weight excluding hydrogens is 236 g/mol. The number of hydrogen-bond donors (Lipinski definition) is 1. The van der Waals surface area contributed by atoms with Crippen LogP contribution in [-0.4, -0.2) is 31.6 Å². The highest BCUT2D eigenvalue weighted by atomic mass is 32.1. The molecule has 0 radical (unpaired) electrons. The highest BCUT2D eigenvalue weighted by Crippen LogP contribution is 2.12. The number of rotatable bonds is 4. The van der Waals surface area contributed by atoms with Crippen molar-refractivity contribution in [3.05, 3.63) is 22.7 Å². The Morgan fingerprint density at radius 3 is 2.88 bits per heavy atom. The fourth-order valence-electron chi connectivity index (χ4n) is 1.78. The number of hydrogen-bond acceptors (Lipinski definition) is 4. The van der Waals surface area contributed by atoms with E-state index >= 15 is 0 Å². The van der Waals surface area contributed by atoms with E-state index < -0.39 is 0 Å². The molecule has 92 valence electrons. The topological polar surface area (TPSA) is 54.7 Å². The van der Waals surface area contributed by atoms with E-state index in [0.717, 1.165) is 24.6 Å². The highest BCUT2D eigenvalue weighted by molar-refractivity contribution is 7.71. The van der Waals surface area contributed by atoms with Crippen molar-refractivity contribution < 1.29 is 0 Å². The predicted molar refractivity (Wildman–Crippen MR) is 68.4 cm³/mol. The first kappa shape index (κ1) is 11.8. The minimum absolute atomic E-state index is 0.653. The molecule has 0 bridgehead atoms. The van der Waals surface area contributed by atoms with Gasteiger partial charge in [0.15, 0.2) is 4.77 Å². The first-order valence-corrected chi connectivity index (χ1v) is 5.86. The minimum Gasteiger partial charge on any atom is -0.340 e. The molecule has 7 heteroatoms. The molecule has 0 spiro atoms. The van der Waals surface area contributed by atoms with E-state index in [1.54, 1.807) is 4.68 Å². The third kappa shape index (κ3) is 2.38. The second kappa shape index (κ2) is 4.70. The monoisotopic (exact) mass is 252 g/mol. The third-order valence-electron chi connectivity index (χ3n) is 2.57. The Kier molecular flexibility index (Phi) is 3.28. The zero-order valence-electron chi connectivity index (χ0n) is 10.2. The molecule has 0 aliphatic rings. The first-order chi connectivity index (χ1) is 8.11. The van der Waals surface area contributed by atoms with Crippen LogP contribution in [0, 0.1) is 4.77 Å². The molecule has 0 aliphatic heterocycles. The Balaban J connectivity index is 2.19. The van der Waals surface area contributed by atoms with Crippen molar-refractivity contribution in [3.63, 3.8) is 0 Å². The lowest BCUT2D eigenvalue weighted by atomic mass is 10.3. The SMILES string of the molecule is CCn1c(N(C)Cc2cnn(C)c2)n[nH]c1=S. The molecule has 0 saturated heterocycles. The Labute approximate surface area is 105 Å². The summed E-state index contributed by atoms with van der Waals surface area (Å²) in [6, 6.07) is 0. The summed E-state index contributed by atoms with van der Waals surface area (Å²) in [5.74, 6) is 0.848. The lowest BCUT2D eigenvalue weighted by molar-refractivity contribution is 0.716. The molecule has 2 aromatic heterocycles. The maximum Gasteiger partial charge on any atom is 0.225 e. The average Bonchev–Trinajstić information content (AvgIpc) is 2.84. The van der Waals surface area contributed by atoms with Crippen LogP contribution in [-0.2, 0) is 20.1 Å². The number of aryl methyl sites for hydroxylation is 1.